The van der Waals surface area contributed by atoms with E-state index < -0.39 is 37.2 Å². The molecule has 1 aromatic heterocycles. The second-order valence-corrected chi connectivity index (χ2v) is 4.61. The summed E-state index contributed by atoms with van der Waals surface area (Å²) in [6.07, 6.45) is -4.15. The van der Waals surface area contributed by atoms with Gasteiger partial charge < -0.3 is 20.3 Å². The van der Waals surface area contributed by atoms with Crippen molar-refractivity contribution in [2.24, 2.45) is 0 Å². The monoisotopic (exact) mass is 306 g/mol. The summed E-state index contributed by atoms with van der Waals surface area (Å²) in [4.78, 5) is 30.8. The number of aliphatic carboxylic acids is 1. The number of carboxylic acid groups (broad SMARTS) is 1. The zero-order chi connectivity index (χ0) is 15.6. The van der Waals surface area contributed by atoms with Gasteiger partial charge in [-0.3, -0.25) is 0 Å². The summed E-state index contributed by atoms with van der Waals surface area (Å²) >= 11 is 0. The van der Waals surface area contributed by atoms with Gasteiger partial charge in [0.05, 0.1) is 30.7 Å². The van der Waals surface area contributed by atoms with Crippen LogP contribution >= 0.6 is 0 Å². The van der Waals surface area contributed by atoms with Crippen molar-refractivity contribution in [2.75, 3.05) is 6.54 Å². The molecule has 0 saturated heterocycles. The fourth-order valence-electron chi connectivity index (χ4n) is 2.08. The smallest absolute Gasteiger partial charge is 0.390 e. The molecule has 1 unspecified atom stereocenters. The number of carbonyl (C=O) groups is 2. The second kappa shape index (κ2) is 5.62. The molecular weight excluding hydrogens is 293 g/mol. The lowest BCUT2D eigenvalue weighted by molar-refractivity contribution is -0.143. The van der Waals surface area contributed by atoms with Crippen molar-refractivity contribution < 1.29 is 27.9 Å². The first kappa shape index (κ1) is 15.1. The fourth-order valence-corrected chi connectivity index (χ4v) is 2.08. The van der Waals surface area contributed by atoms with Crippen LogP contribution in [-0.4, -0.2) is 50.7 Å². The van der Waals surface area contributed by atoms with Crippen LogP contribution in [0.15, 0.2) is 6.33 Å². The van der Waals surface area contributed by atoms with E-state index in [4.69, 9.17) is 5.11 Å². The third kappa shape index (κ3) is 3.64. The Bertz CT molecular complexity index is 543. The Morgan fingerprint density at radius 2 is 2.24 bits per heavy atom. The van der Waals surface area contributed by atoms with Crippen LogP contribution < -0.4 is 5.32 Å². The molecule has 1 atom stereocenters. The Morgan fingerprint density at radius 3 is 2.86 bits per heavy atom. The Balaban J connectivity index is 2.02. The summed E-state index contributed by atoms with van der Waals surface area (Å²) in [7, 11) is 0. The first-order valence-corrected chi connectivity index (χ1v) is 6.13. The minimum Gasteiger partial charge on any atom is -0.480 e. The third-order valence-electron chi connectivity index (χ3n) is 3.13. The van der Waals surface area contributed by atoms with Gasteiger partial charge in [0.2, 0.25) is 0 Å². The first-order chi connectivity index (χ1) is 9.78. The van der Waals surface area contributed by atoms with E-state index in [1.54, 1.807) is 0 Å². The standard InChI is InChI=1S/C11H13F3N4O3/c12-11(13,14)1-2-15-10(21)18-4-7-6(16-5-17-7)3-8(18)9(19)20/h5,8H,1-4H2,(H,15,21)(H,16,17)(H,19,20). The van der Waals surface area contributed by atoms with Gasteiger partial charge in [-0.15, -0.1) is 0 Å². The van der Waals surface area contributed by atoms with E-state index in [1.807, 2.05) is 0 Å². The van der Waals surface area contributed by atoms with Crippen LogP contribution in [0.3, 0.4) is 0 Å². The minimum absolute atomic E-state index is 0.0147. The van der Waals surface area contributed by atoms with Crippen LogP contribution in [0.4, 0.5) is 18.0 Å². The second-order valence-electron chi connectivity index (χ2n) is 4.61. The maximum Gasteiger partial charge on any atom is 0.390 e. The molecule has 21 heavy (non-hydrogen) atoms. The average Bonchev–Trinajstić information content (AvgIpc) is 2.82. The number of fused-ring (bicyclic) bond motifs is 1. The molecule has 10 heteroatoms. The highest BCUT2D eigenvalue weighted by Crippen LogP contribution is 2.21. The Kier molecular flexibility index (Phi) is 4.05. The normalized spacial score (nSPS) is 18.2. The molecule has 1 aromatic rings. The number of aromatic amines is 1. The SMILES string of the molecule is O=C(O)C1Cc2nc[nH]c2CN1C(=O)NCCC(F)(F)F. The molecule has 1 aliphatic heterocycles. The van der Waals surface area contributed by atoms with Crippen molar-refractivity contribution in [1.29, 1.82) is 0 Å². The molecule has 2 rings (SSSR count). The zero-order valence-corrected chi connectivity index (χ0v) is 10.8. The van der Waals surface area contributed by atoms with Gasteiger partial charge in [0.25, 0.3) is 0 Å². The molecule has 0 radical (unpaired) electrons. The summed E-state index contributed by atoms with van der Waals surface area (Å²) in [6, 6.07) is -1.99. The number of nitrogens with one attached hydrogen (secondary N) is 2. The lowest BCUT2D eigenvalue weighted by Gasteiger charge is -2.32. The highest BCUT2D eigenvalue weighted by molar-refractivity contribution is 5.83. The highest BCUT2D eigenvalue weighted by Gasteiger charge is 2.36. The maximum atomic E-state index is 12.0. The molecule has 0 aliphatic carbocycles. The molecule has 0 bridgehead atoms. The van der Waals surface area contributed by atoms with Gasteiger partial charge in [-0.2, -0.15) is 13.2 Å². The van der Waals surface area contributed by atoms with Gasteiger partial charge >= 0.3 is 18.2 Å². The van der Waals surface area contributed by atoms with Crippen LogP contribution in [0.2, 0.25) is 0 Å². The quantitative estimate of drug-likeness (QED) is 0.772. The van der Waals surface area contributed by atoms with Crippen molar-refractivity contribution in [3.8, 4) is 0 Å². The molecule has 2 amide bonds. The van der Waals surface area contributed by atoms with Gasteiger partial charge in [0, 0.05) is 13.0 Å². The van der Waals surface area contributed by atoms with Crippen LogP contribution in [-0.2, 0) is 17.8 Å². The summed E-state index contributed by atoms with van der Waals surface area (Å²) in [6.45, 7) is -0.634. The number of halogens is 3. The molecular formula is C11H13F3N4O3. The van der Waals surface area contributed by atoms with E-state index >= 15 is 0 Å². The van der Waals surface area contributed by atoms with Crippen molar-refractivity contribution in [3.63, 3.8) is 0 Å². The number of rotatable bonds is 3. The predicted molar refractivity (Wildman–Crippen MR) is 63.3 cm³/mol. The fraction of sp³-hybridized carbons (Fsp3) is 0.545. The van der Waals surface area contributed by atoms with Gasteiger partial charge in [-0.05, 0) is 0 Å². The number of carbonyl (C=O) groups excluding carboxylic acids is 1. The summed E-state index contributed by atoms with van der Waals surface area (Å²) < 4.78 is 36.1. The summed E-state index contributed by atoms with van der Waals surface area (Å²) in [5.41, 5.74) is 1.13. The van der Waals surface area contributed by atoms with Crippen molar-refractivity contribution in [2.45, 2.75) is 31.6 Å². The van der Waals surface area contributed by atoms with Crippen molar-refractivity contribution >= 4 is 12.0 Å². The topological polar surface area (TPSA) is 98.3 Å². The van der Waals surface area contributed by atoms with Crippen LogP contribution in [0.25, 0.3) is 0 Å². The zero-order valence-electron chi connectivity index (χ0n) is 10.8. The van der Waals surface area contributed by atoms with Crippen molar-refractivity contribution in [1.82, 2.24) is 20.2 Å². The number of imidazole rings is 1. The molecule has 2 heterocycles. The molecule has 3 N–H and O–H groups in total. The highest BCUT2D eigenvalue weighted by atomic mass is 19.4. The summed E-state index contributed by atoms with van der Waals surface area (Å²) in [5.74, 6) is -1.23. The first-order valence-electron chi connectivity index (χ1n) is 6.13. The van der Waals surface area contributed by atoms with E-state index in [9.17, 15) is 22.8 Å². The van der Waals surface area contributed by atoms with Gasteiger partial charge in [-0.25, -0.2) is 14.6 Å². The van der Waals surface area contributed by atoms with Gasteiger partial charge in [-0.1, -0.05) is 0 Å². The van der Waals surface area contributed by atoms with E-state index in [1.165, 1.54) is 6.33 Å². The number of hydrogen-bond acceptors (Lipinski definition) is 3. The number of alkyl halides is 3. The average molecular weight is 306 g/mol. The number of amides is 2. The number of urea groups is 1. The molecule has 1 aliphatic rings. The maximum absolute atomic E-state index is 12.0. The number of H-pyrrole nitrogens is 1. The lowest BCUT2D eigenvalue weighted by atomic mass is 10.0. The van der Waals surface area contributed by atoms with Crippen LogP contribution in [0.1, 0.15) is 17.8 Å². The van der Waals surface area contributed by atoms with E-state index in [0.717, 1.165) is 4.90 Å². The van der Waals surface area contributed by atoms with E-state index in [2.05, 4.69) is 15.3 Å². The summed E-state index contributed by atoms with van der Waals surface area (Å²) in [5, 5.41) is 11.2. The predicted octanol–water partition coefficient (Wildman–Crippen LogP) is 0.883. The third-order valence-corrected chi connectivity index (χ3v) is 3.13. The van der Waals surface area contributed by atoms with E-state index in [-0.39, 0.29) is 13.0 Å². The van der Waals surface area contributed by atoms with Gasteiger partial charge in [0.15, 0.2) is 0 Å². The largest absolute Gasteiger partial charge is 0.480 e. The molecule has 0 spiro atoms. The number of hydrogen-bond donors (Lipinski definition) is 3. The van der Waals surface area contributed by atoms with Crippen molar-refractivity contribution in [3.05, 3.63) is 17.7 Å². The van der Waals surface area contributed by atoms with E-state index in [0.29, 0.717) is 11.4 Å². The molecule has 0 saturated carbocycles. The molecule has 7 nitrogen and oxygen atoms in total. The Morgan fingerprint density at radius 1 is 1.52 bits per heavy atom. The number of nitrogens with zero attached hydrogens (tertiary/aromatic N) is 2. The molecule has 116 valence electrons. The Hall–Kier alpha value is -2.26. The van der Waals surface area contributed by atoms with Crippen LogP contribution in [0, 0.1) is 0 Å². The molecule has 0 aromatic carbocycles. The minimum atomic E-state index is -4.38. The number of aromatic nitrogens is 2. The number of carboxylic acids is 1. The lowest BCUT2D eigenvalue weighted by Crippen LogP contribution is -2.52. The molecule has 0 fully saturated rings. The Labute approximate surface area is 117 Å². The van der Waals surface area contributed by atoms with Crippen LogP contribution in [0.5, 0.6) is 0 Å². The van der Waals surface area contributed by atoms with Gasteiger partial charge in [0.1, 0.15) is 6.04 Å².